The van der Waals surface area contributed by atoms with Crippen molar-refractivity contribution in [1.29, 1.82) is 0 Å². The Morgan fingerprint density at radius 3 is 2.60 bits per heavy atom. The number of thiophene rings is 1. The van der Waals surface area contributed by atoms with Gasteiger partial charge in [0.2, 0.25) is 5.91 Å². The summed E-state index contributed by atoms with van der Waals surface area (Å²) in [7, 11) is 1.54. The van der Waals surface area contributed by atoms with Gasteiger partial charge in [-0.15, -0.1) is 11.3 Å². The first-order valence-corrected chi connectivity index (χ1v) is 9.52. The number of methoxy groups -OCH3 is 1. The maximum Gasteiger partial charge on any atom is 0.231 e. The third-order valence-corrected chi connectivity index (χ3v) is 6.44. The molecule has 1 aliphatic rings. The van der Waals surface area contributed by atoms with Crippen LogP contribution in [0.15, 0.2) is 41.8 Å². The van der Waals surface area contributed by atoms with E-state index in [0.717, 1.165) is 30.6 Å². The highest BCUT2D eigenvalue weighted by atomic mass is 32.1. The molecule has 1 saturated carbocycles. The summed E-state index contributed by atoms with van der Waals surface area (Å²) in [5, 5.41) is 5.06. The van der Waals surface area contributed by atoms with Crippen LogP contribution in [0.4, 0.5) is 4.39 Å². The van der Waals surface area contributed by atoms with Gasteiger partial charge >= 0.3 is 0 Å². The summed E-state index contributed by atoms with van der Waals surface area (Å²) < 4.78 is 19.8. The minimum Gasteiger partial charge on any atom is -0.372 e. The van der Waals surface area contributed by atoms with Crippen LogP contribution in [0, 0.1) is 5.82 Å². The van der Waals surface area contributed by atoms with Crippen molar-refractivity contribution in [3.63, 3.8) is 0 Å². The molecule has 25 heavy (non-hydrogen) atoms. The largest absolute Gasteiger partial charge is 0.372 e. The smallest absolute Gasteiger partial charge is 0.231 e. The first kappa shape index (κ1) is 18.1. The number of carbonyl (C=O) groups is 1. The predicted molar refractivity (Wildman–Crippen MR) is 98.2 cm³/mol. The predicted octanol–water partition coefficient (Wildman–Crippen LogP) is 4.38. The molecule has 0 aliphatic heterocycles. The topological polar surface area (TPSA) is 38.3 Å². The second-order valence-corrected chi connectivity index (χ2v) is 7.81. The van der Waals surface area contributed by atoms with E-state index in [1.54, 1.807) is 43.6 Å². The van der Waals surface area contributed by atoms with Crippen LogP contribution in [0.2, 0.25) is 0 Å². The van der Waals surface area contributed by atoms with Crippen LogP contribution in [-0.4, -0.2) is 19.6 Å². The summed E-state index contributed by atoms with van der Waals surface area (Å²) in [6, 6.07) is 10.6. The fourth-order valence-corrected chi connectivity index (χ4v) is 4.68. The molecule has 1 atom stereocenters. The van der Waals surface area contributed by atoms with Crippen molar-refractivity contribution in [1.82, 2.24) is 5.32 Å². The summed E-state index contributed by atoms with van der Waals surface area (Å²) in [6.45, 7) is 2.04. The normalized spacial score (nSPS) is 18.7. The fraction of sp³-hybridized carbons (Fsp3) is 0.450. The van der Waals surface area contributed by atoms with Crippen LogP contribution < -0.4 is 5.32 Å². The molecule has 1 aromatic heterocycles. The van der Waals surface area contributed by atoms with Crippen molar-refractivity contribution in [2.24, 2.45) is 0 Å². The number of carbonyl (C=O) groups excluding carboxylic acids is 1. The molecule has 134 valence electrons. The summed E-state index contributed by atoms with van der Waals surface area (Å²) in [4.78, 5) is 14.2. The monoisotopic (exact) mass is 361 g/mol. The van der Waals surface area contributed by atoms with Crippen molar-refractivity contribution < 1.29 is 13.9 Å². The van der Waals surface area contributed by atoms with E-state index in [1.165, 1.54) is 6.07 Å². The van der Waals surface area contributed by atoms with Gasteiger partial charge in [0.05, 0.1) is 12.0 Å². The van der Waals surface area contributed by atoms with Crippen LogP contribution in [-0.2, 0) is 20.5 Å². The average molecular weight is 361 g/mol. The molecule has 2 aromatic rings. The van der Waals surface area contributed by atoms with Crippen LogP contribution in [0.3, 0.4) is 0 Å². The highest BCUT2D eigenvalue weighted by Gasteiger charge is 2.44. The van der Waals surface area contributed by atoms with Gasteiger partial charge in [0, 0.05) is 17.6 Å². The molecule has 1 amide bonds. The van der Waals surface area contributed by atoms with E-state index in [-0.39, 0.29) is 18.3 Å². The Labute approximate surface area is 152 Å². The van der Waals surface area contributed by atoms with E-state index in [0.29, 0.717) is 5.56 Å². The second kappa shape index (κ2) is 7.26. The lowest BCUT2D eigenvalue weighted by Gasteiger charge is -2.32. The zero-order chi connectivity index (χ0) is 17.9. The molecule has 0 radical (unpaired) electrons. The van der Waals surface area contributed by atoms with E-state index in [9.17, 15) is 9.18 Å². The first-order valence-electron chi connectivity index (χ1n) is 8.64. The lowest BCUT2D eigenvalue weighted by Crippen LogP contribution is -2.48. The Hall–Kier alpha value is -1.72. The molecular weight excluding hydrogens is 337 g/mol. The molecule has 3 nitrogen and oxygen atoms in total. The number of nitrogens with one attached hydrogen (secondary N) is 1. The molecule has 1 heterocycles. The van der Waals surface area contributed by atoms with Crippen molar-refractivity contribution in [2.75, 3.05) is 13.7 Å². The van der Waals surface area contributed by atoms with Crippen molar-refractivity contribution in [3.8, 4) is 0 Å². The summed E-state index contributed by atoms with van der Waals surface area (Å²) in [5.41, 5.74) is -0.900. The van der Waals surface area contributed by atoms with Crippen LogP contribution in [0.5, 0.6) is 0 Å². The molecule has 1 aromatic carbocycles. The number of benzene rings is 1. The highest BCUT2D eigenvalue weighted by molar-refractivity contribution is 7.10. The standard InChI is InChI=1S/C20H24FNO2S/c1-19(24-2,15-8-3-4-9-16(15)21)14-22-18(23)20(11-5-6-12-20)17-10-7-13-25-17/h3-4,7-10,13H,5-6,11-12,14H2,1-2H3,(H,22,23)/t19-/m0/s1. The fourth-order valence-electron chi connectivity index (χ4n) is 3.70. The minimum absolute atomic E-state index is 0.0204. The van der Waals surface area contributed by atoms with E-state index >= 15 is 0 Å². The Morgan fingerprint density at radius 1 is 1.28 bits per heavy atom. The van der Waals surface area contributed by atoms with Gasteiger partial charge in [-0.3, -0.25) is 4.79 Å². The van der Waals surface area contributed by atoms with Gasteiger partial charge in [-0.2, -0.15) is 0 Å². The molecule has 0 saturated heterocycles. The summed E-state index contributed by atoms with van der Waals surface area (Å²) in [5.74, 6) is -0.304. The summed E-state index contributed by atoms with van der Waals surface area (Å²) in [6.07, 6.45) is 3.84. The Kier molecular flexibility index (Phi) is 5.25. The average Bonchev–Trinajstić information content (AvgIpc) is 3.31. The van der Waals surface area contributed by atoms with Gasteiger partial charge in [-0.25, -0.2) is 4.39 Å². The van der Waals surface area contributed by atoms with E-state index in [1.807, 2.05) is 17.5 Å². The Bertz CT molecular complexity index is 725. The molecule has 0 bridgehead atoms. The maximum absolute atomic E-state index is 14.2. The van der Waals surface area contributed by atoms with E-state index in [2.05, 4.69) is 5.32 Å². The number of rotatable bonds is 6. The molecule has 3 rings (SSSR count). The number of hydrogen-bond acceptors (Lipinski definition) is 3. The highest BCUT2D eigenvalue weighted by Crippen LogP contribution is 2.43. The first-order chi connectivity index (χ1) is 12.0. The van der Waals surface area contributed by atoms with Gasteiger partial charge in [0.1, 0.15) is 11.4 Å². The lowest BCUT2D eigenvalue weighted by molar-refractivity contribution is -0.128. The van der Waals surface area contributed by atoms with Crippen LogP contribution >= 0.6 is 11.3 Å². The van der Waals surface area contributed by atoms with Gasteiger partial charge in [-0.1, -0.05) is 37.1 Å². The zero-order valence-corrected chi connectivity index (χ0v) is 15.5. The van der Waals surface area contributed by atoms with Crippen molar-refractivity contribution >= 4 is 17.2 Å². The number of hydrogen-bond donors (Lipinski definition) is 1. The minimum atomic E-state index is -0.907. The van der Waals surface area contributed by atoms with Crippen molar-refractivity contribution in [3.05, 3.63) is 58.0 Å². The Balaban J connectivity index is 1.79. The third kappa shape index (κ3) is 3.35. The molecule has 1 aliphatic carbocycles. The van der Waals surface area contributed by atoms with Gasteiger partial charge in [0.15, 0.2) is 0 Å². The molecular formula is C20H24FNO2S. The van der Waals surface area contributed by atoms with Crippen LogP contribution in [0.1, 0.15) is 43.0 Å². The van der Waals surface area contributed by atoms with E-state index < -0.39 is 11.0 Å². The van der Waals surface area contributed by atoms with Crippen molar-refractivity contribution in [2.45, 2.75) is 43.6 Å². The quantitative estimate of drug-likeness (QED) is 0.829. The molecule has 5 heteroatoms. The van der Waals surface area contributed by atoms with Gasteiger partial charge < -0.3 is 10.1 Å². The second-order valence-electron chi connectivity index (χ2n) is 6.86. The van der Waals surface area contributed by atoms with Gasteiger partial charge in [-0.05, 0) is 37.3 Å². The van der Waals surface area contributed by atoms with Gasteiger partial charge in [0.25, 0.3) is 0 Å². The molecule has 0 spiro atoms. The summed E-state index contributed by atoms with van der Waals surface area (Å²) >= 11 is 1.63. The van der Waals surface area contributed by atoms with Crippen LogP contribution in [0.25, 0.3) is 0 Å². The third-order valence-electron chi connectivity index (χ3n) is 5.36. The number of halogens is 1. The number of ether oxygens (including phenoxy) is 1. The van der Waals surface area contributed by atoms with E-state index in [4.69, 9.17) is 4.74 Å². The lowest BCUT2D eigenvalue weighted by atomic mass is 9.83. The molecule has 1 fully saturated rings. The maximum atomic E-state index is 14.2. The zero-order valence-electron chi connectivity index (χ0n) is 14.7. The number of amides is 1. The SMILES string of the molecule is CO[C@@](C)(CNC(=O)C1(c2cccs2)CCCC1)c1ccccc1F. The molecule has 0 unspecified atom stereocenters. The Morgan fingerprint density at radius 2 is 2.00 bits per heavy atom. The molecule has 1 N–H and O–H groups in total.